The summed E-state index contributed by atoms with van der Waals surface area (Å²) in [5.74, 6) is 3.99. The molecule has 0 saturated heterocycles. The first-order valence-corrected chi connectivity index (χ1v) is 14.2. The van der Waals surface area contributed by atoms with Gasteiger partial charge in [-0.05, 0) is 127 Å². The highest BCUT2D eigenvalue weighted by Gasteiger charge is 2.71. The second kappa shape index (κ2) is 7.46. The maximum atomic E-state index is 11.0. The molecule has 5 fully saturated rings. The van der Waals surface area contributed by atoms with E-state index >= 15 is 0 Å². The van der Waals surface area contributed by atoms with E-state index < -0.39 is 0 Å². The fraction of sp³-hybridized carbons (Fsp3) is 1.00. The summed E-state index contributed by atoms with van der Waals surface area (Å²) in [5, 5.41) is 20.9. The molecule has 5 aliphatic rings. The first kappa shape index (κ1) is 23.7. The van der Waals surface area contributed by atoms with Gasteiger partial charge >= 0.3 is 0 Å². The molecule has 0 spiro atoms. The molecule has 0 radical (unpaired) electrons. The van der Waals surface area contributed by atoms with Crippen molar-refractivity contribution in [1.82, 2.24) is 0 Å². The molecule has 5 rings (SSSR count). The lowest BCUT2D eigenvalue weighted by molar-refractivity contribution is -0.248. The van der Waals surface area contributed by atoms with E-state index in [0.29, 0.717) is 58.5 Å². The van der Waals surface area contributed by atoms with Gasteiger partial charge < -0.3 is 10.2 Å². The van der Waals surface area contributed by atoms with E-state index in [9.17, 15) is 10.2 Å². The van der Waals surface area contributed by atoms with Gasteiger partial charge in [-0.15, -0.1) is 0 Å². The quantitative estimate of drug-likeness (QED) is 0.488. The summed E-state index contributed by atoms with van der Waals surface area (Å²) in [4.78, 5) is 0. The Morgan fingerprint density at radius 1 is 0.719 bits per heavy atom. The predicted molar refractivity (Wildman–Crippen MR) is 132 cm³/mol. The Labute approximate surface area is 198 Å². The summed E-state index contributed by atoms with van der Waals surface area (Å²) in [6.45, 7) is 16.2. The van der Waals surface area contributed by atoms with Crippen LogP contribution in [0.4, 0.5) is 0 Å². The lowest BCUT2D eigenvalue weighted by Crippen LogP contribution is -2.66. The molecule has 184 valence electrons. The highest BCUT2D eigenvalue weighted by molar-refractivity contribution is 5.19. The van der Waals surface area contributed by atoms with Crippen LogP contribution >= 0.6 is 0 Å². The van der Waals surface area contributed by atoms with Gasteiger partial charge in [0.05, 0.1) is 0 Å². The van der Waals surface area contributed by atoms with Crippen molar-refractivity contribution < 1.29 is 10.2 Å². The Morgan fingerprint density at radius 2 is 1.38 bits per heavy atom. The number of aliphatic hydroxyl groups excluding tert-OH is 2. The summed E-state index contributed by atoms with van der Waals surface area (Å²) in [6.07, 6.45) is 14.8. The Balaban J connectivity index is 1.52. The molecule has 0 bridgehead atoms. The SMILES string of the molecule is C[C@@H](CO)[C@H]1CC[C@]2(CO)[C@H]3CC[C@@H]4[C@@]5(C)CCCC(C)(C)[C@@H]5CC[C@@]4(C)[C@]3(C)CC[C@@H]12. The van der Waals surface area contributed by atoms with Crippen LogP contribution < -0.4 is 0 Å². The van der Waals surface area contributed by atoms with E-state index in [0.717, 1.165) is 11.8 Å². The number of hydrogen-bond donors (Lipinski definition) is 2. The second-order valence-electron chi connectivity index (χ2n) is 14.9. The lowest BCUT2D eigenvalue weighted by Gasteiger charge is -2.73. The number of aliphatic hydroxyl groups is 2. The van der Waals surface area contributed by atoms with Gasteiger partial charge in [0.25, 0.3) is 0 Å². The molecule has 0 heterocycles. The van der Waals surface area contributed by atoms with Crippen LogP contribution in [-0.2, 0) is 0 Å². The van der Waals surface area contributed by atoms with Crippen molar-refractivity contribution in [3.05, 3.63) is 0 Å². The van der Waals surface area contributed by atoms with Crippen LogP contribution in [0.2, 0.25) is 0 Å². The standard InChI is InChI=1S/C30H52O2/c1-20(18-31)21-10-17-30(19-32)22(21)11-15-29(6)25(30)9-8-24-27(4)14-7-13-26(2,3)23(27)12-16-28(24,29)5/h20-25,31-32H,7-19H2,1-6H3/t20-,21+,22-,23-,24+,25-,27-,28+,29+,30+/m0/s1. The molecular formula is C30H52O2. The van der Waals surface area contributed by atoms with E-state index in [4.69, 9.17) is 0 Å². The average molecular weight is 445 g/mol. The van der Waals surface area contributed by atoms with Crippen molar-refractivity contribution in [2.75, 3.05) is 13.2 Å². The minimum absolute atomic E-state index is 0.110. The average Bonchev–Trinajstić information content (AvgIpc) is 3.13. The van der Waals surface area contributed by atoms with E-state index in [1.165, 1.54) is 70.6 Å². The van der Waals surface area contributed by atoms with Gasteiger partial charge in [-0.1, -0.05) is 48.0 Å². The van der Waals surface area contributed by atoms with Gasteiger partial charge in [0, 0.05) is 13.2 Å². The van der Waals surface area contributed by atoms with E-state index in [-0.39, 0.29) is 5.41 Å². The molecule has 10 atom stereocenters. The Morgan fingerprint density at radius 3 is 2.06 bits per heavy atom. The zero-order valence-electron chi connectivity index (χ0n) is 22.1. The monoisotopic (exact) mass is 444 g/mol. The summed E-state index contributed by atoms with van der Waals surface area (Å²) < 4.78 is 0. The largest absolute Gasteiger partial charge is 0.396 e. The van der Waals surface area contributed by atoms with E-state index in [1.54, 1.807) is 0 Å². The summed E-state index contributed by atoms with van der Waals surface area (Å²) >= 11 is 0. The molecule has 0 unspecified atom stereocenters. The first-order valence-electron chi connectivity index (χ1n) is 14.2. The minimum Gasteiger partial charge on any atom is -0.396 e. The topological polar surface area (TPSA) is 40.5 Å². The Hall–Kier alpha value is -0.0800. The molecule has 5 saturated carbocycles. The third kappa shape index (κ3) is 2.78. The normalized spacial score (nSPS) is 55.3. The molecule has 0 aromatic heterocycles. The Kier molecular flexibility index (Phi) is 5.51. The molecule has 2 heteroatoms. The smallest absolute Gasteiger partial charge is 0.0493 e. The molecule has 2 nitrogen and oxygen atoms in total. The summed E-state index contributed by atoms with van der Waals surface area (Å²) in [7, 11) is 0. The Bertz CT molecular complexity index is 730. The van der Waals surface area contributed by atoms with Gasteiger partial charge in [0.1, 0.15) is 0 Å². The van der Waals surface area contributed by atoms with E-state index in [2.05, 4.69) is 41.5 Å². The van der Waals surface area contributed by atoms with Crippen LogP contribution in [0.25, 0.3) is 0 Å². The fourth-order valence-electron chi connectivity index (χ4n) is 12.2. The van der Waals surface area contributed by atoms with Crippen molar-refractivity contribution in [3.8, 4) is 0 Å². The molecule has 32 heavy (non-hydrogen) atoms. The highest BCUT2D eigenvalue weighted by atomic mass is 16.3. The molecule has 5 aliphatic carbocycles. The predicted octanol–water partition coefficient (Wildman–Crippen LogP) is 7.08. The van der Waals surface area contributed by atoms with Crippen molar-refractivity contribution in [1.29, 1.82) is 0 Å². The van der Waals surface area contributed by atoms with Gasteiger partial charge in [-0.25, -0.2) is 0 Å². The molecule has 0 aromatic carbocycles. The van der Waals surface area contributed by atoms with Gasteiger partial charge in [-0.2, -0.15) is 0 Å². The fourth-order valence-corrected chi connectivity index (χ4v) is 12.2. The molecule has 2 N–H and O–H groups in total. The third-order valence-corrected chi connectivity index (χ3v) is 13.8. The summed E-state index contributed by atoms with van der Waals surface area (Å²) in [5.41, 5.74) is 1.86. The van der Waals surface area contributed by atoms with Crippen molar-refractivity contribution in [3.63, 3.8) is 0 Å². The van der Waals surface area contributed by atoms with Gasteiger partial charge in [0.15, 0.2) is 0 Å². The van der Waals surface area contributed by atoms with Gasteiger partial charge in [0.2, 0.25) is 0 Å². The number of hydrogen-bond acceptors (Lipinski definition) is 2. The van der Waals surface area contributed by atoms with Crippen LogP contribution in [-0.4, -0.2) is 23.4 Å². The highest BCUT2D eigenvalue weighted by Crippen LogP contribution is 2.78. The van der Waals surface area contributed by atoms with Crippen molar-refractivity contribution in [2.24, 2.45) is 62.6 Å². The van der Waals surface area contributed by atoms with Crippen LogP contribution in [0.1, 0.15) is 112 Å². The number of fused-ring (bicyclic) bond motifs is 7. The van der Waals surface area contributed by atoms with Crippen LogP contribution in [0, 0.1) is 62.6 Å². The third-order valence-electron chi connectivity index (χ3n) is 13.8. The lowest BCUT2D eigenvalue weighted by atomic mass is 9.32. The maximum absolute atomic E-state index is 11.0. The minimum atomic E-state index is 0.110. The summed E-state index contributed by atoms with van der Waals surface area (Å²) in [6, 6.07) is 0. The van der Waals surface area contributed by atoms with Crippen LogP contribution in [0.3, 0.4) is 0 Å². The molecular weight excluding hydrogens is 392 g/mol. The number of rotatable bonds is 3. The second-order valence-corrected chi connectivity index (χ2v) is 14.9. The molecule has 0 aromatic rings. The van der Waals surface area contributed by atoms with Crippen LogP contribution in [0.5, 0.6) is 0 Å². The van der Waals surface area contributed by atoms with Crippen molar-refractivity contribution in [2.45, 2.75) is 112 Å². The van der Waals surface area contributed by atoms with Crippen molar-refractivity contribution >= 4 is 0 Å². The van der Waals surface area contributed by atoms with E-state index in [1.807, 2.05) is 0 Å². The molecule has 0 aliphatic heterocycles. The maximum Gasteiger partial charge on any atom is 0.0493 e. The van der Waals surface area contributed by atoms with Crippen LogP contribution in [0.15, 0.2) is 0 Å². The zero-order valence-corrected chi connectivity index (χ0v) is 22.1. The van der Waals surface area contributed by atoms with Gasteiger partial charge in [-0.3, -0.25) is 0 Å². The first-order chi connectivity index (χ1) is 15.0. The molecule has 0 amide bonds. The zero-order chi connectivity index (χ0) is 23.2.